The van der Waals surface area contributed by atoms with E-state index in [2.05, 4.69) is 5.32 Å². The lowest BCUT2D eigenvalue weighted by Crippen LogP contribution is -2.63. The molecule has 3 radical (unpaired) electrons. The highest BCUT2D eigenvalue weighted by Crippen LogP contribution is 2.52. The summed E-state index contributed by atoms with van der Waals surface area (Å²) < 4.78 is 0. The fraction of sp³-hybridized carbons (Fsp3) is 0.643. The summed E-state index contributed by atoms with van der Waals surface area (Å²) in [4.78, 5) is 25.1. The quantitative estimate of drug-likeness (QED) is 0.586. The average molecular weight is 295 g/mol. The number of nitrogens with one attached hydrogen (secondary N) is 1. The van der Waals surface area contributed by atoms with Crippen molar-refractivity contribution in [2.45, 2.75) is 44.6 Å². The minimum Gasteiger partial charge on any atom is -0.390 e. The number of hydrogen-bond acceptors (Lipinski definition) is 4. The molecular formula is C14H19N2O3S. The Bertz CT molecular complexity index is 468. The standard InChI is InChI=1S/C14H19N2O3S/c1-8-10(6-5-7-15-9(2)17)20-13-11(14(3,4)19)12(18)16(8)13/h11,13,19H,5-7H2,2-4H3,(H,15,17)/t11?,13-/m1/s1. The molecule has 2 amide bonds. The smallest absolute Gasteiger partial charge is 0.236 e. The molecule has 2 aliphatic rings. The van der Waals surface area contributed by atoms with Crippen molar-refractivity contribution in [1.82, 2.24) is 10.2 Å². The Kier molecular flexibility index (Phi) is 4.16. The minimum atomic E-state index is -1.06. The zero-order valence-electron chi connectivity index (χ0n) is 11.9. The molecule has 109 valence electrons. The van der Waals surface area contributed by atoms with Crippen molar-refractivity contribution < 1.29 is 14.7 Å². The molecule has 2 aliphatic heterocycles. The molecule has 1 unspecified atom stereocenters. The summed E-state index contributed by atoms with van der Waals surface area (Å²) in [6, 6.07) is 0. The molecule has 2 rings (SSSR count). The maximum Gasteiger partial charge on any atom is 0.236 e. The second kappa shape index (κ2) is 5.41. The van der Waals surface area contributed by atoms with Gasteiger partial charge in [0, 0.05) is 24.1 Å². The van der Waals surface area contributed by atoms with Gasteiger partial charge >= 0.3 is 0 Å². The molecule has 1 saturated heterocycles. The first-order valence-electron chi connectivity index (χ1n) is 6.64. The molecule has 0 aliphatic carbocycles. The fourth-order valence-electron chi connectivity index (χ4n) is 2.50. The Hall–Kier alpha value is -1.01. The van der Waals surface area contributed by atoms with Gasteiger partial charge in [0.25, 0.3) is 0 Å². The maximum absolute atomic E-state index is 12.0. The number of hydrogen-bond donors (Lipinski definition) is 2. The van der Waals surface area contributed by atoms with Crippen molar-refractivity contribution in [3.8, 4) is 0 Å². The van der Waals surface area contributed by atoms with E-state index in [1.807, 2.05) is 0 Å². The summed E-state index contributed by atoms with van der Waals surface area (Å²) in [5.74, 6) is -0.678. The van der Waals surface area contributed by atoms with Crippen LogP contribution < -0.4 is 5.32 Å². The summed E-state index contributed by atoms with van der Waals surface area (Å²) in [6.45, 7) is 13.3. The van der Waals surface area contributed by atoms with Gasteiger partial charge < -0.3 is 15.3 Å². The molecule has 0 spiro atoms. The number of carbonyl (C=O) groups is 2. The first kappa shape index (κ1) is 15.4. The van der Waals surface area contributed by atoms with Crippen LogP contribution in [0.25, 0.3) is 0 Å². The molecule has 2 atom stereocenters. The SMILES string of the molecule is [C]C1=C(CCCNC(C)=O)S[C@@H]2C(C(C)(C)O)C(=O)N12. The van der Waals surface area contributed by atoms with Gasteiger partial charge in [-0.1, -0.05) is 0 Å². The number of fused-ring (bicyclic) bond motifs is 1. The zero-order valence-corrected chi connectivity index (χ0v) is 12.7. The van der Waals surface area contributed by atoms with Crippen LogP contribution in [0.15, 0.2) is 10.6 Å². The summed E-state index contributed by atoms with van der Waals surface area (Å²) in [7, 11) is 0. The van der Waals surface area contributed by atoms with E-state index < -0.39 is 11.5 Å². The first-order valence-corrected chi connectivity index (χ1v) is 7.52. The molecule has 0 aromatic carbocycles. The van der Waals surface area contributed by atoms with Crippen molar-refractivity contribution in [2.75, 3.05) is 6.54 Å². The number of nitrogens with zero attached hydrogens (tertiary/aromatic N) is 1. The predicted molar refractivity (Wildman–Crippen MR) is 76.2 cm³/mol. The number of thioether (sulfide) groups is 1. The molecule has 2 heterocycles. The summed E-state index contributed by atoms with van der Waals surface area (Å²) in [5, 5.41) is 12.6. The van der Waals surface area contributed by atoms with E-state index in [4.69, 9.17) is 6.92 Å². The molecule has 0 saturated carbocycles. The molecule has 20 heavy (non-hydrogen) atoms. The van der Waals surface area contributed by atoms with Crippen LogP contribution in [0.5, 0.6) is 0 Å². The van der Waals surface area contributed by atoms with Gasteiger partial charge in [0.1, 0.15) is 5.37 Å². The predicted octanol–water partition coefficient (Wildman–Crippen LogP) is 1.00. The normalized spacial score (nSPS) is 25.6. The molecule has 0 bridgehead atoms. The van der Waals surface area contributed by atoms with Gasteiger partial charge in [-0.05, 0) is 26.7 Å². The van der Waals surface area contributed by atoms with Crippen molar-refractivity contribution >= 4 is 23.6 Å². The molecule has 5 nitrogen and oxygen atoms in total. The lowest BCUT2D eigenvalue weighted by molar-refractivity contribution is -0.159. The molecule has 2 N–H and O–H groups in total. The third kappa shape index (κ3) is 2.72. The van der Waals surface area contributed by atoms with Gasteiger partial charge in [0.15, 0.2) is 0 Å². The summed E-state index contributed by atoms with van der Waals surface area (Å²) in [5.41, 5.74) is -0.801. The topological polar surface area (TPSA) is 69.6 Å². The molecule has 6 heteroatoms. The number of β-lactam (4-membered cyclic amide) rings is 1. The van der Waals surface area contributed by atoms with Gasteiger partial charge in [-0.15, -0.1) is 11.8 Å². The van der Waals surface area contributed by atoms with Crippen molar-refractivity contribution in [1.29, 1.82) is 0 Å². The van der Waals surface area contributed by atoms with Crippen molar-refractivity contribution in [2.24, 2.45) is 5.92 Å². The second-order valence-corrected chi connectivity index (χ2v) is 6.92. The van der Waals surface area contributed by atoms with Gasteiger partial charge in [-0.2, -0.15) is 0 Å². The number of carbonyl (C=O) groups excluding carboxylic acids is 2. The number of rotatable bonds is 5. The van der Waals surface area contributed by atoms with Crippen LogP contribution in [0, 0.1) is 12.8 Å². The average Bonchev–Trinajstić information content (AvgIpc) is 2.54. The number of allylic oxidation sites excluding steroid dienone is 2. The number of aliphatic hydroxyl groups is 1. The highest BCUT2D eigenvalue weighted by atomic mass is 32.2. The highest BCUT2D eigenvalue weighted by molar-refractivity contribution is 8.04. The van der Waals surface area contributed by atoms with E-state index in [0.29, 0.717) is 13.0 Å². The zero-order chi connectivity index (χ0) is 15.1. The van der Waals surface area contributed by atoms with E-state index in [0.717, 1.165) is 11.3 Å². The van der Waals surface area contributed by atoms with E-state index in [-0.39, 0.29) is 22.9 Å². The Labute approximate surface area is 123 Å². The van der Waals surface area contributed by atoms with Crippen LogP contribution >= 0.6 is 11.8 Å². The fourth-order valence-corrected chi connectivity index (χ4v) is 4.16. The second-order valence-electron chi connectivity index (χ2n) is 5.71. The summed E-state index contributed by atoms with van der Waals surface area (Å²) in [6.07, 6.45) is 1.41. The molecule has 0 aromatic rings. The van der Waals surface area contributed by atoms with E-state index in [1.165, 1.54) is 23.6 Å². The van der Waals surface area contributed by atoms with Gasteiger partial charge in [-0.25, -0.2) is 0 Å². The number of amides is 2. The van der Waals surface area contributed by atoms with E-state index in [9.17, 15) is 14.7 Å². The van der Waals surface area contributed by atoms with Crippen molar-refractivity contribution in [3.05, 3.63) is 17.5 Å². The third-order valence-corrected chi connectivity index (χ3v) is 4.93. The molecular weight excluding hydrogens is 276 g/mol. The van der Waals surface area contributed by atoms with Crippen LogP contribution in [0.1, 0.15) is 33.6 Å². The minimum absolute atomic E-state index is 0.0646. The van der Waals surface area contributed by atoms with Crippen molar-refractivity contribution in [3.63, 3.8) is 0 Å². The lowest BCUT2D eigenvalue weighted by Gasteiger charge is -2.47. The summed E-state index contributed by atoms with van der Waals surface area (Å²) >= 11 is 1.49. The maximum atomic E-state index is 12.0. The third-order valence-electron chi connectivity index (χ3n) is 3.53. The van der Waals surface area contributed by atoms with Gasteiger partial charge in [0.2, 0.25) is 11.8 Å². The van der Waals surface area contributed by atoms with Crippen LogP contribution in [0.2, 0.25) is 0 Å². The molecule has 0 aromatic heterocycles. The monoisotopic (exact) mass is 295 g/mol. The van der Waals surface area contributed by atoms with Crippen LogP contribution in [-0.2, 0) is 9.59 Å². The Morgan fingerprint density at radius 2 is 2.20 bits per heavy atom. The van der Waals surface area contributed by atoms with Gasteiger partial charge in [-0.3, -0.25) is 9.59 Å². The largest absolute Gasteiger partial charge is 0.390 e. The molecule has 1 fully saturated rings. The first-order chi connectivity index (χ1) is 9.23. The van der Waals surface area contributed by atoms with Crippen LogP contribution in [0.3, 0.4) is 0 Å². The van der Waals surface area contributed by atoms with E-state index in [1.54, 1.807) is 13.8 Å². The lowest BCUT2D eigenvalue weighted by atomic mass is 9.83. The van der Waals surface area contributed by atoms with E-state index >= 15 is 0 Å². The highest BCUT2D eigenvalue weighted by Gasteiger charge is 2.58. The Morgan fingerprint density at radius 1 is 1.55 bits per heavy atom. The van der Waals surface area contributed by atoms with Crippen LogP contribution in [0.4, 0.5) is 0 Å². The Balaban J connectivity index is 1.93. The Morgan fingerprint density at radius 3 is 2.75 bits per heavy atom. The van der Waals surface area contributed by atoms with Gasteiger partial charge in [0.05, 0.1) is 18.4 Å². The van der Waals surface area contributed by atoms with Crippen LogP contribution in [-0.4, -0.2) is 39.3 Å².